The van der Waals surface area contributed by atoms with E-state index >= 15 is 0 Å². The molecule has 1 aliphatic carbocycles. The van der Waals surface area contributed by atoms with Gasteiger partial charge in [0.2, 0.25) is 0 Å². The molecule has 1 aliphatic heterocycles. The van der Waals surface area contributed by atoms with Crippen molar-refractivity contribution < 1.29 is 0 Å². The molecule has 0 aromatic carbocycles. The molecule has 1 heteroatoms. The highest BCUT2D eigenvalue weighted by atomic mass is 14.8. The molecule has 0 aromatic rings. The maximum absolute atomic E-state index is 4.39. The van der Waals surface area contributed by atoms with E-state index < -0.39 is 0 Å². The van der Waals surface area contributed by atoms with Crippen molar-refractivity contribution in [3.05, 3.63) is 0 Å². The Kier molecular flexibility index (Phi) is 1.39. The highest BCUT2D eigenvalue weighted by molar-refractivity contribution is 5.69. The number of aliphatic imine (C=N–C) groups is 1. The summed E-state index contributed by atoms with van der Waals surface area (Å²) in [6, 6.07) is 0. The van der Waals surface area contributed by atoms with Crippen molar-refractivity contribution in [3.63, 3.8) is 0 Å². The molecule has 62 valence electrons. The molecule has 0 amide bonds. The Hall–Kier alpha value is -0.330. The van der Waals surface area contributed by atoms with E-state index in [2.05, 4.69) is 25.1 Å². The first-order valence-corrected chi connectivity index (χ1v) is 4.67. The maximum atomic E-state index is 4.39. The van der Waals surface area contributed by atoms with E-state index in [0.717, 1.165) is 6.54 Å². The molecule has 0 radical (unpaired) electrons. The van der Waals surface area contributed by atoms with Gasteiger partial charge in [-0.1, -0.05) is 20.3 Å². The molecule has 1 spiro atoms. The van der Waals surface area contributed by atoms with Crippen molar-refractivity contribution in [1.29, 1.82) is 0 Å². The number of hydrogen-bond donors (Lipinski definition) is 0. The van der Waals surface area contributed by atoms with Gasteiger partial charge in [0.25, 0.3) is 0 Å². The summed E-state index contributed by atoms with van der Waals surface area (Å²) < 4.78 is 0. The lowest BCUT2D eigenvalue weighted by Crippen LogP contribution is -2.32. The van der Waals surface area contributed by atoms with Crippen LogP contribution in [-0.4, -0.2) is 12.8 Å². The highest BCUT2D eigenvalue weighted by Crippen LogP contribution is 2.54. The minimum absolute atomic E-state index is 0.493. The van der Waals surface area contributed by atoms with Crippen molar-refractivity contribution >= 4 is 6.21 Å². The smallest absolute Gasteiger partial charge is 0.0394 e. The lowest BCUT2D eigenvalue weighted by atomic mass is 9.68. The van der Waals surface area contributed by atoms with Crippen LogP contribution in [0.4, 0.5) is 0 Å². The Morgan fingerprint density at radius 2 is 2.00 bits per heavy atom. The molecule has 0 unspecified atom stereocenters. The van der Waals surface area contributed by atoms with Crippen LogP contribution in [-0.2, 0) is 0 Å². The van der Waals surface area contributed by atoms with Crippen LogP contribution in [0.15, 0.2) is 4.99 Å². The zero-order chi connectivity index (χ0) is 7.95. The van der Waals surface area contributed by atoms with Gasteiger partial charge in [0, 0.05) is 18.2 Å². The first-order chi connectivity index (χ1) is 5.16. The van der Waals surface area contributed by atoms with Gasteiger partial charge in [-0.25, -0.2) is 0 Å². The molecule has 0 N–H and O–H groups in total. The molecule has 2 rings (SSSR count). The van der Waals surface area contributed by atoms with Crippen LogP contribution in [0.25, 0.3) is 0 Å². The number of hydrogen-bond acceptors (Lipinski definition) is 1. The van der Waals surface area contributed by atoms with Gasteiger partial charge in [0.15, 0.2) is 0 Å². The van der Waals surface area contributed by atoms with Crippen LogP contribution in [0.3, 0.4) is 0 Å². The van der Waals surface area contributed by atoms with Gasteiger partial charge < -0.3 is 0 Å². The van der Waals surface area contributed by atoms with Crippen molar-refractivity contribution in [1.82, 2.24) is 0 Å². The number of nitrogens with zero attached hydrogens (tertiary/aromatic N) is 1. The summed E-state index contributed by atoms with van der Waals surface area (Å²) >= 11 is 0. The molecule has 1 fully saturated rings. The Bertz CT molecular complexity index is 193. The third kappa shape index (κ3) is 0.863. The predicted octanol–water partition coefficient (Wildman–Crippen LogP) is 2.66. The second-order valence-corrected chi connectivity index (χ2v) is 4.68. The van der Waals surface area contributed by atoms with Gasteiger partial charge in [0.1, 0.15) is 0 Å². The summed E-state index contributed by atoms with van der Waals surface area (Å²) in [6.07, 6.45) is 7.72. The molecule has 0 bridgehead atoms. The molecule has 1 heterocycles. The van der Waals surface area contributed by atoms with E-state index in [0.29, 0.717) is 10.8 Å². The zero-order valence-electron chi connectivity index (χ0n) is 7.56. The lowest BCUT2D eigenvalue weighted by Gasteiger charge is -2.35. The minimum Gasteiger partial charge on any atom is -0.297 e. The highest BCUT2D eigenvalue weighted by Gasteiger charge is 2.48. The summed E-state index contributed by atoms with van der Waals surface area (Å²) in [5, 5.41) is 0. The Morgan fingerprint density at radius 3 is 2.45 bits per heavy atom. The Morgan fingerprint density at radius 1 is 1.18 bits per heavy atom. The van der Waals surface area contributed by atoms with Gasteiger partial charge in [-0.2, -0.15) is 0 Å². The molecule has 2 aliphatic rings. The predicted molar refractivity (Wildman–Crippen MR) is 48.0 cm³/mol. The van der Waals surface area contributed by atoms with Crippen molar-refractivity contribution in [2.24, 2.45) is 15.8 Å². The number of rotatable bonds is 0. The average Bonchev–Trinajstić information content (AvgIpc) is 2.45. The van der Waals surface area contributed by atoms with E-state index in [-0.39, 0.29) is 0 Å². The zero-order valence-corrected chi connectivity index (χ0v) is 7.56. The first kappa shape index (κ1) is 7.33. The second kappa shape index (κ2) is 2.09. The fraction of sp³-hybridized carbons (Fsp3) is 0.900. The average molecular weight is 151 g/mol. The summed E-state index contributed by atoms with van der Waals surface area (Å²) in [5.41, 5.74) is 1.01. The third-order valence-electron chi connectivity index (χ3n) is 3.80. The van der Waals surface area contributed by atoms with E-state index in [9.17, 15) is 0 Å². The normalized spacial score (nSPS) is 40.5. The topological polar surface area (TPSA) is 12.4 Å². The van der Waals surface area contributed by atoms with Crippen molar-refractivity contribution in [2.75, 3.05) is 6.54 Å². The third-order valence-corrected chi connectivity index (χ3v) is 3.80. The Balaban J connectivity index is 2.30. The quantitative estimate of drug-likeness (QED) is 0.504. The molecular weight excluding hydrogens is 134 g/mol. The molecule has 0 saturated heterocycles. The van der Waals surface area contributed by atoms with Crippen LogP contribution >= 0.6 is 0 Å². The van der Waals surface area contributed by atoms with E-state index in [1.807, 2.05) is 0 Å². The summed E-state index contributed by atoms with van der Waals surface area (Å²) in [6.45, 7) is 5.87. The van der Waals surface area contributed by atoms with Crippen LogP contribution in [0.5, 0.6) is 0 Å². The SMILES string of the molecule is CC1(C)CCC[C@]12C=NCC2. The molecular formula is C10H17N. The largest absolute Gasteiger partial charge is 0.297 e. The van der Waals surface area contributed by atoms with Crippen LogP contribution in [0.1, 0.15) is 39.5 Å². The molecule has 0 aromatic heterocycles. The van der Waals surface area contributed by atoms with Crippen molar-refractivity contribution in [3.8, 4) is 0 Å². The molecule has 1 atom stereocenters. The van der Waals surface area contributed by atoms with Gasteiger partial charge in [0.05, 0.1) is 0 Å². The van der Waals surface area contributed by atoms with Gasteiger partial charge in [-0.15, -0.1) is 0 Å². The van der Waals surface area contributed by atoms with Crippen LogP contribution in [0.2, 0.25) is 0 Å². The fourth-order valence-corrected chi connectivity index (χ4v) is 2.70. The fourth-order valence-electron chi connectivity index (χ4n) is 2.70. The summed E-state index contributed by atoms with van der Waals surface area (Å²) in [7, 11) is 0. The van der Waals surface area contributed by atoms with Gasteiger partial charge >= 0.3 is 0 Å². The Labute approximate surface area is 68.9 Å². The van der Waals surface area contributed by atoms with Crippen LogP contribution in [0, 0.1) is 10.8 Å². The maximum Gasteiger partial charge on any atom is 0.0394 e. The van der Waals surface area contributed by atoms with Gasteiger partial charge in [-0.05, 0) is 24.7 Å². The second-order valence-electron chi connectivity index (χ2n) is 4.68. The van der Waals surface area contributed by atoms with E-state index in [4.69, 9.17) is 0 Å². The standard InChI is InChI=1S/C10H17N/c1-9(2)4-3-5-10(9)6-7-11-8-10/h8H,3-7H2,1-2H3/t10-/m0/s1. The van der Waals surface area contributed by atoms with Gasteiger partial charge in [-0.3, -0.25) is 4.99 Å². The molecule has 1 nitrogen and oxygen atoms in total. The van der Waals surface area contributed by atoms with Crippen molar-refractivity contribution in [2.45, 2.75) is 39.5 Å². The van der Waals surface area contributed by atoms with E-state index in [1.54, 1.807) is 0 Å². The first-order valence-electron chi connectivity index (χ1n) is 4.67. The lowest BCUT2D eigenvalue weighted by molar-refractivity contribution is 0.198. The monoisotopic (exact) mass is 151 g/mol. The molecule has 1 saturated carbocycles. The summed E-state index contributed by atoms with van der Waals surface area (Å²) in [5.74, 6) is 0. The molecule has 11 heavy (non-hydrogen) atoms. The summed E-state index contributed by atoms with van der Waals surface area (Å²) in [4.78, 5) is 4.39. The van der Waals surface area contributed by atoms with Crippen LogP contribution < -0.4 is 0 Å². The minimum atomic E-state index is 0.493. The van der Waals surface area contributed by atoms with E-state index in [1.165, 1.54) is 25.7 Å².